The maximum atomic E-state index is 11.9. The van der Waals surface area contributed by atoms with Gasteiger partial charge in [0.15, 0.2) is 6.61 Å². The van der Waals surface area contributed by atoms with E-state index in [0.29, 0.717) is 17.3 Å². The molecule has 2 rings (SSSR count). The van der Waals surface area contributed by atoms with Crippen molar-refractivity contribution in [2.45, 2.75) is 19.4 Å². The summed E-state index contributed by atoms with van der Waals surface area (Å²) in [4.78, 5) is 13.6. The van der Waals surface area contributed by atoms with Crippen molar-refractivity contribution in [2.75, 3.05) is 19.7 Å². The van der Waals surface area contributed by atoms with Crippen LogP contribution in [0.25, 0.3) is 0 Å². The highest BCUT2D eigenvalue weighted by molar-refractivity contribution is 6.30. The number of carbonyl (C=O) groups excluding carboxylic acids is 1. The van der Waals surface area contributed by atoms with Crippen molar-refractivity contribution in [3.05, 3.63) is 28.8 Å². The van der Waals surface area contributed by atoms with Crippen LogP contribution in [0.5, 0.6) is 5.75 Å². The van der Waals surface area contributed by atoms with Crippen molar-refractivity contribution in [3.63, 3.8) is 0 Å². The fraction of sp³-hybridized carbons (Fsp3) is 0.462. The molecule has 0 spiro atoms. The highest BCUT2D eigenvalue weighted by Gasteiger charge is 2.23. The molecule has 0 saturated carbocycles. The zero-order valence-electron chi connectivity index (χ0n) is 10.4. The lowest BCUT2D eigenvalue weighted by Gasteiger charge is -2.16. The van der Waals surface area contributed by atoms with Crippen LogP contribution < -0.4 is 10.5 Å². The van der Waals surface area contributed by atoms with Gasteiger partial charge in [-0.3, -0.25) is 4.79 Å². The monoisotopic (exact) mass is 268 g/mol. The van der Waals surface area contributed by atoms with E-state index in [0.717, 1.165) is 18.5 Å². The Kier molecular flexibility index (Phi) is 4.09. The summed E-state index contributed by atoms with van der Waals surface area (Å²) >= 11 is 5.85. The van der Waals surface area contributed by atoms with Crippen LogP contribution in [0, 0.1) is 6.92 Å². The fourth-order valence-electron chi connectivity index (χ4n) is 2.02. The van der Waals surface area contributed by atoms with Gasteiger partial charge in [-0.15, -0.1) is 0 Å². The minimum Gasteiger partial charge on any atom is -0.483 e. The zero-order chi connectivity index (χ0) is 13.1. The second-order valence-corrected chi connectivity index (χ2v) is 5.02. The molecule has 0 aromatic heterocycles. The first-order chi connectivity index (χ1) is 8.56. The average molecular weight is 269 g/mol. The summed E-state index contributed by atoms with van der Waals surface area (Å²) < 4.78 is 5.51. The van der Waals surface area contributed by atoms with Crippen molar-refractivity contribution in [3.8, 4) is 5.75 Å². The SMILES string of the molecule is Cc1cc(Cl)ccc1OCC(=O)N1CC[C@@H](N)C1. The normalized spacial score (nSPS) is 19.1. The van der Waals surface area contributed by atoms with Crippen molar-refractivity contribution >= 4 is 17.5 Å². The predicted molar refractivity (Wildman–Crippen MR) is 70.9 cm³/mol. The molecule has 4 nitrogen and oxygen atoms in total. The quantitative estimate of drug-likeness (QED) is 0.906. The molecular formula is C13H17ClN2O2. The number of hydrogen-bond acceptors (Lipinski definition) is 3. The number of nitrogens with zero attached hydrogens (tertiary/aromatic N) is 1. The molecule has 1 aliphatic rings. The summed E-state index contributed by atoms with van der Waals surface area (Å²) in [7, 11) is 0. The third kappa shape index (κ3) is 3.15. The van der Waals surface area contributed by atoms with Crippen LogP contribution in [0.15, 0.2) is 18.2 Å². The molecule has 1 fully saturated rings. The highest BCUT2D eigenvalue weighted by Crippen LogP contribution is 2.21. The molecule has 1 atom stereocenters. The first kappa shape index (κ1) is 13.2. The Morgan fingerprint density at radius 1 is 1.61 bits per heavy atom. The molecule has 1 amide bonds. The van der Waals surface area contributed by atoms with Crippen LogP contribution in [-0.2, 0) is 4.79 Å². The first-order valence-electron chi connectivity index (χ1n) is 5.98. The minimum absolute atomic E-state index is 0.0164. The summed E-state index contributed by atoms with van der Waals surface area (Å²) in [5, 5.41) is 0.664. The lowest BCUT2D eigenvalue weighted by Crippen LogP contribution is -2.35. The Morgan fingerprint density at radius 2 is 2.39 bits per heavy atom. The Balaban J connectivity index is 1.89. The van der Waals surface area contributed by atoms with Gasteiger partial charge < -0.3 is 15.4 Å². The number of benzene rings is 1. The molecule has 1 aromatic carbocycles. The van der Waals surface area contributed by atoms with Crippen molar-refractivity contribution in [2.24, 2.45) is 5.73 Å². The summed E-state index contributed by atoms with van der Waals surface area (Å²) in [6.07, 6.45) is 0.867. The minimum atomic E-state index is -0.0164. The lowest BCUT2D eigenvalue weighted by molar-refractivity contribution is -0.132. The number of halogens is 1. The predicted octanol–water partition coefficient (Wildman–Crippen LogP) is 1.59. The fourth-order valence-corrected chi connectivity index (χ4v) is 2.25. The number of carbonyl (C=O) groups is 1. The van der Waals surface area contributed by atoms with E-state index in [2.05, 4.69) is 0 Å². The maximum absolute atomic E-state index is 11.9. The summed E-state index contributed by atoms with van der Waals surface area (Å²) in [6.45, 7) is 3.30. The number of hydrogen-bond donors (Lipinski definition) is 1. The molecule has 0 bridgehead atoms. The van der Waals surface area contributed by atoms with Crippen LogP contribution in [0.1, 0.15) is 12.0 Å². The van der Waals surface area contributed by atoms with Gasteiger partial charge in [-0.05, 0) is 37.1 Å². The van der Waals surface area contributed by atoms with E-state index >= 15 is 0 Å². The topological polar surface area (TPSA) is 55.6 Å². The van der Waals surface area contributed by atoms with Gasteiger partial charge >= 0.3 is 0 Å². The zero-order valence-corrected chi connectivity index (χ0v) is 11.1. The molecule has 1 heterocycles. The second-order valence-electron chi connectivity index (χ2n) is 4.59. The largest absolute Gasteiger partial charge is 0.483 e. The van der Waals surface area contributed by atoms with Crippen LogP contribution >= 0.6 is 11.6 Å². The third-order valence-electron chi connectivity index (χ3n) is 3.07. The van der Waals surface area contributed by atoms with E-state index in [-0.39, 0.29) is 18.6 Å². The number of rotatable bonds is 3. The van der Waals surface area contributed by atoms with Crippen molar-refractivity contribution in [1.29, 1.82) is 0 Å². The number of nitrogens with two attached hydrogens (primary N) is 1. The van der Waals surface area contributed by atoms with E-state index in [1.165, 1.54) is 0 Å². The number of likely N-dealkylation sites (tertiary alicyclic amines) is 1. The van der Waals surface area contributed by atoms with Gasteiger partial charge in [0.2, 0.25) is 0 Å². The third-order valence-corrected chi connectivity index (χ3v) is 3.30. The second kappa shape index (κ2) is 5.59. The van der Waals surface area contributed by atoms with Gasteiger partial charge in [-0.1, -0.05) is 11.6 Å². The first-order valence-corrected chi connectivity index (χ1v) is 6.36. The van der Waals surface area contributed by atoms with Crippen LogP contribution in [0.4, 0.5) is 0 Å². The summed E-state index contributed by atoms with van der Waals surface area (Å²) in [5.74, 6) is 0.675. The maximum Gasteiger partial charge on any atom is 0.260 e. The van der Waals surface area contributed by atoms with Gasteiger partial charge in [-0.2, -0.15) is 0 Å². The number of ether oxygens (including phenoxy) is 1. The summed E-state index contributed by atoms with van der Waals surface area (Å²) in [6, 6.07) is 5.44. The molecule has 0 unspecified atom stereocenters. The standard InChI is InChI=1S/C13H17ClN2O2/c1-9-6-10(14)2-3-12(9)18-8-13(17)16-5-4-11(15)7-16/h2-3,6,11H,4-5,7-8,15H2,1H3/t11-/m1/s1. The molecule has 1 aromatic rings. The van der Waals surface area contributed by atoms with Crippen LogP contribution in [-0.4, -0.2) is 36.5 Å². The highest BCUT2D eigenvalue weighted by atomic mass is 35.5. The number of amides is 1. The molecular weight excluding hydrogens is 252 g/mol. The van der Waals surface area contributed by atoms with E-state index in [4.69, 9.17) is 22.1 Å². The van der Waals surface area contributed by atoms with E-state index in [1.807, 2.05) is 13.0 Å². The summed E-state index contributed by atoms with van der Waals surface area (Å²) in [5.41, 5.74) is 6.69. The van der Waals surface area contributed by atoms with Crippen LogP contribution in [0.3, 0.4) is 0 Å². The van der Waals surface area contributed by atoms with Crippen LogP contribution in [0.2, 0.25) is 5.02 Å². The molecule has 18 heavy (non-hydrogen) atoms. The van der Waals surface area contributed by atoms with Gasteiger partial charge in [0.1, 0.15) is 5.75 Å². The molecule has 2 N–H and O–H groups in total. The molecule has 98 valence electrons. The molecule has 0 radical (unpaired) electrons. The molecule has 0 aliphatic carbocycles. The van der Waals surface area contributed by atoms with Crippen molar-refractivity contribution in [1.82, 2.24) is 4.90 Å². The van der Waals surface area contributed by atoms with Gasteiger partial charge in [0.05, 0.1) is 0 Å². The van der Waals surface area contributed by atoms with Crippen molar-refractivity contribution < 1.29 is 9.53 Å². The Morgan fingerprint density at radius 3 is 3.00 bits per heavy atom. The lowest BCUT2D eigenvalue weighted by atomic mass is 10.2. The average Bonchev–Trinajstić information content (AvgIpc) is 2.74. The smallest absolute Gasteiger partial charge is 0.260 e. The Bertz CT molecular complexity index is 451. The van der Waals surface area contributed by atoms with E-state index in [9.17, 15) is 4.79 Å². The Labute approximate surface area is 112 Å². The Hall–Kier alpha value is -1.26. The van der Waals surface area contributed by atoms with Gasteiger partial charge in [-0.25, -0.2) is 0 Å². The van der Waals surface area contributed by atoms with Gasteiger partial charge in [0, 0.05) is 24.2 Å². The number of aryl methyl sites for hydroxylation is 1. The van der Waals surface area contributed by atoms with E-state index < -0.39 is 0 Å². The van der Waals surface area contributed by atoms with Gasteiger partial charge in [0.25, 0.3) is 5.91 Å². The van der Waals surface area contributed by atoms with E-state index in [1.54, 1.807) is 17.0 Å². The molecule has 5 heteroatoms. The molecule has 1 saturated heterocycles. The molecule has 1 aliphatic heterocycles.